The van der Waals surface area contributed by atoms with Crippen molar-refractivity contribution in [3.8, 4) is 5.75 Å². The predicted molar refractivity (Wildman–Crippen MR) is 106 cm³/mol. The van der Waals surface area contributed by atoms with Crippen LogP contribution in [0.15, 0.2) is 66.7 Å². The average Bonchev–Trinajstić information content (AvgIpc) is 2.61. The van der Waals surface area contributed by atoms with E-state index in [1.807, 2.05) is 42.5 Å². The first-order chi connectivity index (χ1) is 12.1. The number of nitrogens with one attached hydrogen (secondary N) is 1. The third-order valence-electron chi connectivity index (χ3n) is 3.83. The summed E-state index contributed by atoms with van der Waals surface area (Å²) in [6.45, 7) is 3.14. The average molecular weight is 372 g/mol. The van der Waals surface area contributed by atoms with Gasteiger partial charge in [-0.1, -0.05) is 71.2 Å². The van der Waals surface area contributed by atoms with Crippen molar-refractivity contribution in [2.75, 3.05) is 5.32 Å². The highest BCUT2D eigenvalue weighted by atomic mass is 35.5. The van der Waals surface area contributed by atoms with Crippen molar-refractivity contribution in [3.05, 3.63) is 93.5 Å². The molecule has 0 saturated heterocycles. The molecule has 3 aromatic carbocycles. The van der Waals surface area contributed by atoms with Gasteiger partial charge < -0.3 is 10.1 Å². The third-order valence-corrected chi connectivity index (χ3v) is 4.39. The Morgan fingerprint density at radius 3 is 2.12 bits per heavy atom. The summed E-state index contributed by atoms with van der Waals surface area (Å²) < 4.78 is 5.80. The minimum atomic E-state index is 0.432. The summed E-state index contributed by atoms with van der Waals surface area (Å²) >= 11 is 12.7. The summed E-state index contributed by atoms with van der Waals surface area (Å²) in [5.74, 6) is 0.520. The number of rotatable bonds is 6. The Bertz CT molecular complexity index is 809. The molecule has 0 fully saturated rings. The zero-order valence-electron chi connectivity index (χ0n) is 13.9. The van der Waals surface area contributed by atoms with Gasteiger partial charge in [-0.2, -0.15) is 0 Å². The van der Waals surface area contributed by atoms with Crippen LogP contribution in [0.2, 0.25) is 10.0 Å². The lowest BCUT2D eigenvalue weighted by atomic mass is 10.2. The SMILES string of the molecule is Cc1ccc(NCc2cc(Cl)c(OCc3ccccc3)c(Cl)c2)cc1. The molecule has 0 aliphatic carbocycles. The first-order valence-corrected chi connectivity index (χ1v) is 8.82. The summed E-state index contributed by atoms with van der Waals surface area (Å²) in [4.78, 5) is 0. The molecule has 0 amide bonds. The van der Waals surface area contributed by atoms with E-state index in [0.717, 1.165) is 16.8 Å². The molecule has 1 N–H and O–H groups in total. The third kappa shape index (κ3) is 4.91. The highest BCUT2D eigenvalue weighted by Gasteiger charge is 2.10. The largest absolute Gasteiger partial charge is 0.486 e. The number of aryl methyl sites for hydroxylation is 1. The van der Waals surface area contributed by atoms with Crippen molar-refractivity contribution < 1.29 is 4.74 Å². The van der Waals surface area contributed by atoms with Crippen molar-refractivity contribution in [1.82, 2.24) is 0 Å². The molecule has 0 heterocycles. The van der Waals surface area contributed by atoms with E-state index in [4.69, 9.17) is 27.9 Å². The fraction of sp³-hybridized carbons (Fsp3) is 0.143. The van der Waals surface area contributed by atoms with Gasteiger partial charge in [0, 0.05) is 12.2 Å². The van der Waals surface area contributed by atoms with Gasteiger partial charge in [0.25, 0.3) is 0 Å². The van der Waals surface area contributed by atoms with Crippen LogP contribution in [0.1, 0.15) is 16.7 Å². The van der Waals surface area contributed by atoms with Gasteiger partial charge in [0.2, 0.25) is 0 Å². The number of benzene rings is 3. The van der Waals surface area contributed by atoms with E-state index in [9.17, 15) is 0 Å². The topological polar surface area (TPSA) is 21.3 Å². The number of halogens is 2. The van der Waals surface area contributed by atoms with Crippen molar-refractivity contribution in [2.24, 2.45) is 0 Å². The van der Waals surface area contributed by atoms with Gasteiger partial charge >= 0.3 is 0 Å². The van der Waals surface area contributed by atoms with Crippen LogP contribution in [-0.2, 0) is 13.2 Å². The van der Waals surface area contributed by atoms with Crippen LogP contribution in [0.5, 0.6) is 5.75 Å². The molecule has 25 heavy (non-hydrogen) atoms. The van der Waals surface area contributed by atoms with Gasteiger partial charge in [-0.15, -0.1) is 0 Å². The molecular formula is C21H19Cl2NO. The maximum absolute atomic E-state index is 6.37. The summed E-state index contributed by atoms with van der Waals surface area (Å²) in [6.07, 6.45) is 0. The van der Waals surface area contributed by atoms with Crippen LogP contribution in [0, 0.1) is 6.92 Å². The summed E-state index contributed by atoms with van der Waals surface area (Å²) in [7, 11) is 0. The summed E-state index contributed by atoms with van der Waals surface area (Å²) in [5.41, 5.74) is 4.36. The van der Waals surface area contributed by atoms with Crippen LogP contribution < -0.4 is 10.1 Å². The molecule has 3 aromatic rings. The van der Waals surface area contributed by atoms with E-state index >= 15 is 0 Å². The fourth-order valence-electron chi connectivity index (χ4n) is 2.46. The lowest BCUT2D eigenvalue weighted by Gasteiger charge is -2.13. The second kappa shape index (κ2) is 8.28. The first-order valence-electron chi connectivity index (χ1n) is 8.07. The second-order valence-electron chi connectivity index (χ2n) is 5.88. The smallest absolute Gasteiger partial charge is 0.156 e. The molecule has 0 saturated carbocycles. The monoisotopic (exact) mass is 371 g/mol. The van der Waals surface area contributed by atoms with Crippen LogP contribution in [0.4, 0.5) is 5.69 Å². The predicted octanol–water partition coefficient (Wildman–Crippen LogP) is 6.49. The van der Waals surface area contributed by atoms with Crippen molar-refractivity contribution >= 4 is 28.9 Å². The zero-order valence-corrected chi connectivity index (χ0v) is 15.4. The van der Waals surface area contributed by atoms with Gasteiger partial charge in [0.1, 0.15) is 6.61 Å². The van der Waals surface area contributed by atoms with E-state index in [1.54, 1.807) is 0 Å². The van der Waals surface area contributed by atoms with Crippen LogP contribution in [0.25, 0.3) is 0 Å². The van der Waals surface area contributed by atoms with Crippen molar-refractivity contribution in [3.63, 3.8) is 0 Å². The van der Waals surface area contributed by atoms with Crippen molar-refractivity contribution in [1.29, 1.82) is 0 Å². The lowest BCUT2D eigenvalue weighted by Crippen LogP contribution is -2.01. The minimum Gasteiger partial charge on any atom is -0.486 e. The van der Waals surface area contributed by atoms with Crippen LogP contribution >= 0.6 is 23.2 Å². The molecule has 128 valence electrons. The van der Waals surface area contributed by atoms with E-state index in [-0.39, 0.29) is 0 Å². The Kier molecular flexibility index (Phi) is 5.85. The maximum atomic E-state index is 6.37. The van der Waals surface area contributed by atoms with Gasteiger partial charge in [-0.3, -0.25) is 0 Å². The summed E-state index contributed by atoms with van der Waals surface area (Å²) in [6, 6.07) is 21.9. The highest BCUT2D eigenvalue weighted by molar-refractivity contribution is 6.37. The highest BCUT2D eigenvalue weighted by Crippen LogP contribution is 2.35. The lowest BCUT2D eigenvalue weighted by molar-refractivity contribution is 0.306. The van der Waals surface area contributed by atoms with Crippen LogP contribution in [0.3, 0.4) is 0 Å². The molecule has 0 atom stereocenters. The quantitative estimate of drug-likeness (QED) is 0.534. The van der Waals surface area contributed by atoms with Crippen molar-refractivity contribution in [2.45, 2.75) is 20.1 Å². The minimum absolute atomic E-state index is 0.432. The Morgan fingerprint density at radius 1 is 0.840 bits per heavy atom. The Labute approximate surface area is 158 Å². The van der Waals surface area contributed by atoms with E-state index < -0.39 is 0 Å². The molecule has 3 rings (SSSR count). The molecule has 2 nitrogen and oxygen atoms in total. The normalized spacial score (nSPS) is 10.5. The first kappa shape index (κ1) is 17.7. The molecule has 0 bridgehead atoms. The Morgan fingerprint density at radius 2 is 1.48 bits per heavy atom. The molecule has 0 radical (unpaired) electrons. The van der Waals surface area contributed by atoms with Gasteiger partial charge in [0.15, 0.2) is 5.75 Å². The van der Waals surface area contributed by atoms with Gasteiger partial charge in [-0.25, -0.2) is 0 Å². The maximum Gasteiger partial charge on any atom is 0.156 e. The van der Waals surface area contributed by atoms with Crippen LogP contribution in [-0.4, -0.2) is 0 Å². The molecule has 0 aliphatic heterocycles. The van der Waals surface area contributed by atoms with E-state index in [0.29, 0.717) is 28.9 Å². The molecule has 0 aliphatic rings. The van der Waals surface area contributed by atoms with E-state index in [1.165, 1.54) is 5.56 Å². The fourth-order valence-corrected chi connectivity index (χ4v) is 3.10. The number of ether oxygens (including phenoxy) is 1. The molecule has 0 unspecified atom stereocenters. The van der Waals surface area contributed by atoms with Gasteiger partial charge in [-0.05, 0) is 42.3 Å². The zero-order chi connectivity index (χ0) is 17.6. The molecule has 0 spiro atoms. The second-order valence-corrected chi connectivity index (χ2v) is 6.70. The number of anilines is 1. The summed E-state index contributed by atoms with van der Waals surface area (Å²) in [5, 5.41) is 4.40. The standard InChI is InChI=1S/C21H19Cl2NO/c1-15-7-9-18(10-8-15)24-13-17-11-19(22)21(20(23)12-17)25-14-16-5-3-2-4-6-16/h2-12,24H,13-14H2,1H3. The Hall–Kier alpha value is -2.16. The molecular weight excluding hydrogens is 353 g/mol. The van der Waals surface area contributed by atoms with E-state index in [2.05, 4.69) is 36.5 Å². The number of hydrogen-bond donors (Lipinski definition) is 1. The molecule has 4 heteroatoms. The Balaban J connectivity index is 1.66. The molecule has 0 aromatic heterocycles. The van der Waals surface area contributed by atoms with Gasteiger partial charge in [0.05, 0.1) is 10.0 Å². The number of hydrogen-bond acceptors (Lipinski definition) is 2.